The van der Waals surface area contributed by atoms with E-state index in [0.29, 0.717) is 17.9 Å². The summed E-state index contributed by atoms with van der Waals surface area (Å²) in [6.07, 6.45) is 4.74. The van der Waals surface area contributed by atoms with Crippen LogP contribution in [0.15, 0.2) is 65.8 Å². The van der Waals surface area contributed by atoms with E-state index >= 15 is 4.39 Å². The first-order valence-corrected chi connectivity index (χ1v) is 9.19. The molecule has 0 bridgehead atoms. The Bertz CT molecular complexity index is 793. The number of ether oxygens (including phenoxy) is 1. The van der Waals surface area contributed by atoms with Crippen molar-refractivity contribution in [3.63, 3.8) is 0 Å². The molecule has 0 aliphatic carbocycles. The molecule has 1 aromatic carbocycles. The fraction of sp³-hybridized carbons (Fsp3) is 0.316. The molecule has 3 rings (SSSR count). The summed E-state index contributed by atoms with van der Waals surface area (Å²) in [4.78, 5) is 12.1. The standard InChI is InChI=1S/C19H21BrFN3O2/c1-3-26-17(25)15-12-23-19(20,24-13(15)2)18(14-8-5-4-6-9-14)16(21)10-7-11-22-18/h4-11,22-24H,3,12H2,1-2H3. The molecule has 138 valence electrons. The van der Waals surface area contributed by atoms with Crippen LogP contribution in [0.5, 0.6) is 0 Å². The van der Waals surface area contributed by atoms with Gasteiger partial charge in [-0.15, -0.1) is 0 Å². The van der Waals surface area contributed by atoms with Gasteiger partial charge in [-0.05, 0) is 53.7 Å². The zero-order chi connectivity index (χ0) is 18.8. The van der Waals surface area contributed by atoms with Crippen molar-refractivity contribution in [1.29, 1.82) is 0 Å². The SMILES string of the molecule is CCOC(=O)C1=C(C)NC(Br)(C2(c3ccccc3)NC=CC=C2F)NC1. The fourth-order valence-electron chi connectivity index (χ4n) is 3.26. The minimum absolute atomic E-state index is 0.232. The number of rotatable bonds is 4. The molecule has 0 radical (unpaired) electrons. The zero-order valence-corrected chi connectivity index (χ0v) is 16.2. The van der Waals surface area contributed by atoms with E-state index in [4.69, 9.17) is 4.74 Å². The highest BCUT2D eigenvalue weighted by atomic mass is 79.9. The van der Waals surface area contributed by atoms with Gasteiger partial charge in [0, 0.05) is 12.2 Å². The normalized spacial score (nSPS) is 28.1. The van der Waals surface area contributed by atoms with Crippen molar-refractivity contribution < 1.29 is 13.9 Å². The van der Waals surface area contributed by atoms with E-state index in [-0.39, 0.29) is 18.3 Å². The molecule has 2 aliphatic rings. The lowest BCUT2D eigenvalue weighted by Crippen LogP contribution is -2.72. The summed E-state index contributed by atoms with van der Waals surface area (Å²) in [5, 5.41) is 9.62. The van der Waals surface area contributed by atoms with Gasteiger partial charge in [-0.25, -0.2) is 9.18 Å². The molecule has 0 fully saturated rings. The van der Waals surface area contributed by atoms with Crippen LogP contribution in [0.4, 0.5) is 4.39 Å². The van der Waals surface area contributed by atoms with Crippen molar-refractivity contribution in [2.45, 2.75) is 24.0 Å². The molecule has 0 amide bonds. The highest BCUT2D eigenvalue weighted by Crippen LogP contribution is 2.45. The van der Waals surface area contributed by atoms with Gasteiger partial charge in [-0.1, -0.05) is 30.3 Å². The Balaban J connectivity index is 2.05. The Morgan fingerprint density at radius 1 is 1.35 bits per heavy atom. The van der Waals surface area contributed by atoms with E-state index in [1.165, 1.54) is 6.08 Å². The van der Waals surface area contributed by atoms with E-state index in [2.05, 4.69) is 31.9 Å². The number of hydrogen-bond donors (Lipinski definition) is 3. The van der Waals surface area contributed by atoms with Crippen molar-refractivity contribution in [3.8, 4) is 0 Å². The second-order valence-corrected chi connectivity index (χ2v) is 7.28. The number of benzene rings is 1. The summed E-state index contributed by atoms with van der Waals surface area (Å²) in [7, 11) is 0. The third-order valence-electron chi connectivity index (χ3n) is 4.56. The minimum atomic E-state index is -1.25. The Labute approximate surface area is 160 Å². The molecule has 2 aliphatic heterocycles. The van der Waals surface area contributed by atoms with Crippen LogP contribution in [0.2, 0.25) is 0 Å². The van der Waals surface area contributed by atoms with Gasteiger partial charge in [0.15, 0.2) is 10.1 Å². The molecule has 0 saturated carbocycles. The van der Waals surface area contributed by atoms with Crippen LogP contribution in [0.3, 0.4) is 0 Å². The minimum Gasteiger partial charge on any atom is -0.463 e. The Morgan fingerprint density at radius 2 is 2.08 bits per heavy atom. The molecule has 7 heteroatoms. The molecule has 3 N–H and O–H groups in total. The van der Waals surface area contributed by atoms with Crippen LogP contribution < -0.4 is 16.0 Å². The highest BCUT2D eigenvalue weighted by Gasteiger charge is 2.56. The number of carbonyl (C=O) groups excluding carboxylic acids is 1. The number of halogens is 2. The molecule has 0 aromatic heterocycles. The molecule has 0 saturated heterocycles. The largest absolute Gasteiger partial charge is 0.463 e. The summed E-state index contributed by atoms with van der Waals surface area (Å²) >= 11 is 3.66. The average molecular weight is 422 g/mol. The fourth-order valence-corrected chi connectivity index (χ4v) is 4.23. The predicted molar refractivity (Wildman–Crippen MR) is 102 cm³/mol. The average Bonchev–Trinajstić information content (AvgIpc) is 2.63. The maximum Gasteiger partial charge on any atom is 0.337 e. The highest BCUT2D eigenvalue weighted by molar-refractivity contribution is 9.10. The van der Waals surface area contributed by atoms with Crippen molar-refractivity contribution in [3.05, 3.63) is 71.3 Å². The topological polar surface area (TPSA) is 62.4 Å². The first-order chi connectivity index (χ1) is 12.4. The number of dihydropyridines is 1. The van der Waals surface area contributed by atoms with Crippen molar-refractivity contribution in [2.75, 3.05) is 13.2 Å². The monoisotopic (exact) mass is 421 g/mol. The zero-order valence-electron chi connectivity index (χ0n) is 14.6. The van der Waals surface area contributed by atoms with E-state index < -0.39 is 10.1 Å². The van der Waals surface area contributed by atoms with Crippen LogP contribution in [-0.4, -0.2) is 23.7 Å². The number of allylic oxidation sites excluding steroid dienone is 3. The number of carbonyl (C=O) groups is 1. The third-order valence-corrected chi connectivity index (χ3v) is 5.64. The molecule has 1 aromatic rings. The lowest BCUT2D eigenvalue weighted by atomic mass is 9.82. The van der Waals surface area contributed by atoms with Gasteiger partial charge in [-0.3, -0.25) is 5.32 Å². The quantitative estimate of drug-likeness (QED) is 0.396. The van der Waals surface area contributed by atoms with Crippen LogP contribution in [0.1, 0.15) is 19.4 Å². The Hall–Kier alpha value is -2.12. The van der Waals surface area contributed by atoms with Gasteiger partial charge in [-0.2, -0.15) is 0 Å². The van der Waals surface area contributed by atoms with Gasteiger partial charge in [0.05, 0.1) is 12.2 Å². The second kappa shape index (κ2) is 7.25. The summed E-state index contributed by atoms with van der Waals surface area (Å²) in [5.41, 5.74) is 0.589. The molecule has 0 spiro atoms. The van der Waals surface area contributed by atoms with Crippen LogP contribution in [0, 0.1) is 0 Å². The van der Waals surface area contributed by atoms with Crippen LogP contribution in [-0.2, 0) is 15.1 Å². The summed E-state index contributed by atoms with van der Waals surface area (Å²) in [6.45, 7) is 4.07. The number of alkyl halides is 1. The molecular formula is C19H21BrFN3O2. The van der Waals surface area contributed by atoms with Crippen molar-refractivity contribution in [2.24, 2.45) is 0 Å². The smallest absolute Gasteiger partial charge is 0.337 e. The van der Waals surface area contributed by atoms with Crippen LogP contribution >= 0.6 is 15.9 Å². The Morgan fingerprint density at radius 3 is 2.69 bits per heavy atom. The van der Waals surface area contributed by atoms with Crippen molar-refractivity contribution >= 4 is 21.9 Å². The van der Waals surface area contributed by atoms with Gasteiger partial charge in [0.1, 0.15) is 5.83 Å². The van der Waals surface area contributed by atoms with E-state index in [0.717, 1.165) is 5.56 Å². The molecule has 2 unspecified atom stereocenters. The molecule has 2 atom stereocenters. The molecule has 2 heterocycles. The molecule has 26 heavy (non-hydrogen) atoms. The van der Waals surface area contributed by atoms with Gasteiger partial charge >= 0.3 is 5.97 Å². The number of hydrogen-bond acceptors (Lipinski definition) is 5. The number of esters is 1. The number of nitrogens with one attached hydrogen (secondary N) is 3. The predicted octanol–water partition coefficient (Wildman–Crippen LogP) is 2.93. The Kier molecular flexibility index (Phi) is 5.20. The lowest BCUT2D eigenvalue weighted by Gasteiger charge is -2.50. The van der Waals surface area contributed by atoms with Crippen LogP contribution in [0.25, 0.3) is 0 Å². The van der Waals surface area contributed by atoms with E-state index in [1.54, 1.807) is 26.1 Å². The molecule has 5 nitrogen and oxygen atoms in total. The van der Waals surface area contributed by atoms with E-state index in [1.807, 2.05) is 30.3 Å². The summed E-state index contributed by atoms with van der Waals surface area (Å²) < 4.78 is 19.2. The summed E-state index contributed by atoms with van der Waals surface area (Å²) in [6, 6.07) is 9.30. The maximum atomic E-state index is 15.3. The van der Waals surface area contributed by atoms with Crippen molar-refractivity contribution in [1.82, 2.24) is 16.0 Å². The first kappa shape index (κ1) is 18.7. The van der Waals surface area contributed by atoms with Gasteiger partial charge < -0.3 is 15.4 Å². The van der Waals surface area contributed by atoms with E-state index in [9.17, 15) is 4.79 Å². The third kappa shape index (κ3) is 2.95. The van der Waals surface area contributed by atoms with Gasteiger partial charge in [0.25, 0.3) is 0 Å². The second-order valence-electron chi connectivity index (χ2n) is 6.10. The lowest BCUT2D eigenvalue weighted by molar-refractivity contribution is -0.138. The summed E-state index contributed by atoms with van der Waals surface area (Å²) in [5.74, 6) is -0.753. The first-order valence-electron chi connectivity index (χ1n) is 8.39. The van der Waals surface area contributed by atoms with Gasteiger partial charge in [0.2, 0.25) is 0 Å². The molecular weight excluding hydrogens is 401 g/mol. The maximum absolute atomic E-state index is 15.3.